The van der Waals surface area contributed by atoms with Gasteiger partial charge in [0, 0.05) is 33.5 Å². The van der Waals surface area contributed by atoms with Gasteiger partial charge in [-0.05, 0) is 160 Å². The minimum atomic E-state index is 1.09. The molecule has 0 fully saturated rings. The molecule has 0 atom stereocenters. The molecule has 1 heterocycles. The number of hydrogen-bond acceptors (Lipinski definition) is 1. The van der Waals surface area contributed by atoms with Gasteiger partial charge in [0.15, 0.2) is 0 Å². The van der Waals surface area contributed by atoms with Crippen LogP contribution >= 0.6 is 0 Å². The van der Waals surface area contributed by atoms with Crippen LogP contribution in [0.15, 0.2) is 279 Å². The van der Waals surface area contributed by atoms with Gasteiger partial charge in [-0.15, -0.1) is 0 Å². The van der Waals surface area contributed by atoms with Crippen LogP contribution in [-0.4, -0.2) is 4.57 Å². The molecule has 0 saturated heterocycles. The van der Waals surface area contributed by atoms with Crippen LogP contribution in [0.1, 0.15) is 0 Å². The van der Waals surface area contributed by atoms with Crippen molar-refractivity contribution in [1.82, 2.24) is 4.57 Å². The predicted octanol–water partition coefficient (Wildman–Crippen LogP) is 19.5. The van der Waals surface area contributed by atoms with Crippen molar-refractivity contribution in [2.75, 3.05) is 4.90 Å². The molecule has 0 amide bonds. The van der Waals surface area contributed by atoms with Crippen molar-refractivity contribution in [1.29, 1.82) is 0 Å². The highest BCUT2D eigenvalue weighted by Crippen LogP contribution is 2.43. The molecular weight excluding hydrogens is 869 g/mol. The number of fused-ring (bicyclic) bond motifs is 10. The Kier molecular flexibility index (Phi) is 9.89. The summed E-state index contributed by atoms with van der Waals surface area (Å²) in [7, 11) is 0. The molecule has 336 valence electrons. The lowest BCUT2D eigenvalue weighted by Crippen LogP contribution is -2.10. The van der Waals surface area contributed by atoms with E-state index < -0.39 is 0 Å². The molecule has 0 aliphatic carbocycles. The summed E-state index contributed by atoms with van der Waals surface area (Å²) in [5.41, 5.74) is 16.4. The van der Waals surface area contributed by atoms with Crippen molar-refractivity contribution >= 4 is 82.0 Å². The third kappa shape index (κ3) is 7.03. The van der Waals surface area contributed by atoms with Gasteiger partial charge in [-0.25, -0.2) is 0 Å². The zero-order valence-corrected chi connectivity index (χ0v) is 39.5. The summed E-state index contributed by atoms with van der Waals surface area (Å²) < 4.78 is 2.43. The summed E-state index contributed by atoms with van der Waals surface area (Å²) >= 11 is 0. The van der Waals surface area contributed by atoms with E-state index in [1.54, 1.807) is 0 Å². The van der Waals surface area contributed by atoms with Gasteiger partial charge in [0.1, 0.15) is 0 Å². The smallest absolute Gasteiger partial charge is 0.0541 e. The summed E-state index contributed by atoms with van der Waals surface area (Å²) in [4.78, 5) is 2.40. The normalized spacial score (nSPS) is 11.6. The molecule has 0 N–H and O–H groups in total. The Morgan fingerprint density at radius 1 is 0.222 bits per heavy atom. The molecule has 2 heteroatoms. The number of anilines is 3. The molecule has 0 spiro atoms. The first kappa shape index (κ1) is 41.5. The standard InChI is InChI=1S/C70H46N2/c1-3-14-47(15-4-1)49-26-34-55(35-27-49)71(58-40-41-65-63-23-10-9-21-61(63)62-22-11-12-24-64(62)66(65)46-58)56-36-30-51(31-37-56)53-32-42-69-67(44-53)68-45-54(60-25-13-19-52-18-7-8-20-59(52)60)33-43-70(68)72(69)57-38-28-50(29-39-57)48-16-5-2-6-17-48/h1-46H. The fourth-order valence-electron chi connectivity index (χ4n) is 11.3. The third-order valence-electron chi connectivity index (χ3n) is 14.8. The first-order valence-corrected chi connectivity index (χ1v) is 24.8. The summed E-state index contributed by atoms with van der Waals surface area (Å²) in [5.74, 6) is 0. The van der Waals surface area contributed by atoms with Crippen LogP contribution in [0, 0.1) is 0 Å². The summed E-state index contributed by atoms with van der Waals surface area (Å²) in [5, 5.41) is 12.5. The summed E-state index contributed by atoms with van der Waals surface area (Å²) in [6.45, 7) is 0. The number of hydrogen-bond donors (Lipinski definition) is 0. The number of benzene rings is 13. The zero-order chi connectivity index (χ0) is 47.5. The van der Waals surface area contributed by atoms with Gasteiger partial charge in [0.05, 0.1) is 11.0 Å². The van der Waals surface area contributed by atoms with Crippen molar-refractivity contribution < 1.29 is 0 Å². The Bertz CT molecular complexity index is 4300. The van der Waals surface area contributed by atoms with Crippen LogP contribution in [0.2, 0.25) is 0 Å². The van der Waals surface area contributed by atoms with Crippen molar-refractivity contribution in [3.63, 3.8) is 0 Å². The van der Waals surface area contributed by atoms with Crippen LogP contribution in [0.25, 0.3) is 115 Å². The molecular formula is C70H46N2. The molecule has 2 nitrogen and oxygen atoms in total. The van der Waals surface area contributed by atoms with E-state index in [1.807, 2.05) is 0 Å². The minimum absolute atomic E-state index is 1.09. The minimum Gasteiger partial charge on any atom is -0.310 e. The Morgan fingerprint density at radius 2 is 0.625 bits per heavy atom. The van der Waals surface area contributed by atoms with Crippen LogP contribution < -0.4 is 4.90 Å². The molecule has 0 aliphatic heterocycles. The van der Waals surface area contributed by atoms with Gasteiger partial charge in [-0.3, -0.25) is 0 Å². The molecule has 14 aromatic rings. The fraction of sp³-hybridized carbons (Fsp3) is 0. The van der Waals surface area contributed by atoms with E-state index in [-0.39, 0.29) is 0 Å². The third-order valence-corrected chi connectivity index (χ3v) is 14.8. The second-order valence-corrected chi connectivity index (χ2v) is 18.9. The highest BCUT2D eigenvalue weighted by atomic mass is 15.1. The van der Waals surface area contributed by atoms with E-state index in [0.717, 1.165) is 28.3 Å². The van der Waals surface area contributed by atoms with E-state index >= 15 is 0 Å². The molecule has 14 rings (SSSR count). The van der Waals surface area contributed by atoms with Gasteiger partial charge < -0.3 is 9.47 Å². The Balaban J connectivity index is 0.903. The van der Waals surface area contributed by atoms with E-state index in [4.69, 9.17) is 0 Å². The van der Waals surface area contributed by atoms with Crippen molar-refractivity contribution in [3.8, 4) is 50.2 Å². The van der Waals surface area contributed by atoms with Crippen LogP contribution in [0.5, 0.6) is 0 Å². The van der Waals surface area contributed by atoms with Gasteiger partial charge in [0.2, 0.25) is 0 Å². The van der Waals surface area contributed by atoms with E-state index in [1.165, 1.54) is 104 Å². The quantitative estimate of drug-likeness (QED) is 0.138. The topological polar surface area (TPSA) is 8.17 Å². The number of rotatable bonds is 8. The van der Waals surface area contributed by atoms with Gasteiger partial charge in [0.25, 0.3) is 0 Å². The molecule has 0 aliphatic rings. The molecule has 72 heavy (non-hydrogen) atoms. The predicted molar refractivity (Wildman–Crippen MR) is 307 cm³/mol. The lowest BCUT2D eigenvalue weighted by Gasteiger charge is -2.26. The largest absolute Gasteiger partial charge is 0.310 e. The molecule has 0 unspecified atom stereocenters. The second-order valence-electron chi connectivity index (χ2n) is 18.9. The van der Waals surface area contributed by atoms with Crippen LogP contribution in [-0.2, 0) is 0 Å². The number of aromatic nitrogens is 1. The first-order valence-electron chi connectivity index (χ1n) is 24.8. The second kappa shape index (κ2) is 17.2. The van der Waals surface area contributed by atoms with E-state index in [9.17, 15) is 0 Å². The van der Waals surface area contributed by atoms with E-state index in [2.05, 4.69) is 289 Å². The van der Waals surface area contributed by atoms with Gasteiger partial charge >= 0.3 is 0 Å². The van der Waals surface area contributed by atoms with Crippen molar-refractivity contribution in [2.24, 2.45) is 0 Å². The van der Waals surface area contributed by atoms with Gasteiger partial charge in [-0.1, -0.05) is 206 Å². The lowest BCUT2D eigenvalue weighted by atomic mass is 9.94. The molecule has 0 radical (unpaired) electrons. The number of nitrogens with zero attached hydrogens (tertiary/aromatic N) is 2. The van der Waals surface area contributed by atoms with E-state index in [0.29, 0.717) is 0 Å². The monoisotopic (exact) mass is 914 g/mol. The van der Waals surface area contributed by atoms with Crippen LogP contribution in [0.4, 0.5) is 17.1 Å². The highest BCUT2D eigenvalue weighted by molar-refractivity contribution is 6.26. The summed E-state index contributed by atoms with van der Waals surface area (Å²) in [6.07, 6.45) is 0. The maximum atomic E-state index is 2.43. The summed E-state index contributed by atoms with van der Waals surface area (Å²) in [6, 6.07) is 102. The average molecular weight is 915 g/mol. The van der Waals surface area contributed by atoms with Crippen molar-refractivity contribution in [3.05, 3.63) is 279 Å². The Labute approximate surface area is 418 Å². The molecule has 1 aromatic heterocycles. The maximum Gasteiger partial charge on any atom is 0.0541 e. The van der Waals surface area contributed by atoms with Crippen LogP contribution in [0.3, 0.4) is 0 Å². The first-order chi connectivity index (χ1) is 35.7. The molecule has 0 saturated carbocycles. The fourth-order valence-corrected chi connectivity index (χ4v) is 11.3. The van der Waals surface area contributed by atoms with Gasteiger partial charge in [-0.2, -0.15) is 0 Å². The molecule has 0 bridgehead atoms. The highest BCUT2D eigenvalue weighted by Gasteiger charge is 2.19. The average Bonchev–Trinajstić information content (AvgIpc) is 3.79. The molecule has 13 aromatic carbocycles. The zero-order valence-electron chi connectivity index (χ0n) is 39.5. The van der Waals surface area contributed by atoms with Crippen molar-refractivity contribution in [2.45, 2.75) is 0 Å². The Morgan fingerprint density at radius 3 is 1.21 bits per heavy atom. The lowest BCUT2D eigenvalue weighted by molar-refractivity contribution is 1.18. The maximum absolute atomic E-state index is 2.43. The Hall–Kier alpha value is -9.50. The SMILES string of the molecule is c1ccc(-c2ccc(N(c3ccc(-c4ccc5c(c4)c4cc(-c6cccc7ccccc67)ccc4n5-c4ccc(-c5ccccc5)cc4)cc3)c3ccc4c5ccccc5c5ccccc5c4c3)cc2)cc1.